The molecule has 1 aliphatic carbocycles. The molecule has 106 valence electrons. The zero-order chi connectivity index (χ0) is 13.9. The molecular formula is C15H23NO2S. The van der Waals surface area contributed by atoms with Crippen LogP contribution in [0.15, 0.2) is 29.2 Å². The summed E-state index contributed by atoms with van der Waals surface area (Å²) in [6.07, 6.45) is 5.74. The Morgan fingerprint density at radius 2 is 2.00 bits per heavy atom. The number of hydrogen-bond donors (Lipinski definition) is 1. The third kappa shape index (κ3) is 4.05. The highest BCUT2D eigenvalue weighted by Crippen LogP contribution is 2.34. The highest BCUT2D eigenvalue weighted by molar-refractivity contribution is 7.90. The minimum atomic E-state index is -3.13. The van der Waals surface area contributed by atoms with Crippen LogP contribution in [0.1, 0.15) is 31.7 Å². The maximum Gasteiger partial charge on any atom is 0.175 e. The maximum atomic E-state index is 11.8. The van der Waals surface area contributed by atoms with E-state index in [1.54, 1.807) is 12.1 Å². The molecule has 0 aromatic heterocycles. The lowest BCUT2D eigenvalue weighted by Crippen LogP contribution is -2.34. The summed E-state index contributed by atoms with van der Waals surface area (Å²) in [5, 5.41) is 3.56. The fraction of sp³-hybridized carbons (Fsp3) is 0.600. The van der Waals surface area contributed by atoms with Gasteiger partial charge in [0.25, 0.3) is 0 Å². The summed E-state index contributed by atoms with van der Waals surface area (Å²) in [5.74, 6) is 0.721. The summed E-state index contributed by atoms with van der Waals surface area (Å²) in [6, 6.07) is 7.80. The van der Waals surface area contributed by atoms with E-state index in [4.69, 9.17) is 0 Å². The average molecular weight is 281 g/mol. The van der Waals surface area contributed by atoms with Gasteiger partial charge in [0.15, 0.2) is 9.84 Å². The van der Waals surface area contributed by atoms with Crippen LogP contribution in [-0.4, -0.2) is 27.3 Å². The van der Waals surface area contributed by atoms with Gasteiger partial charge in [-0.25, -0.2) is 8.42 Å². The number of sulfone groups is 1. The summed E-state index contributed by atoms with van der Waals surface area (Å²) in [7, 11) is -3.13. The predicted molar refractivity (Wildman–Crippen MR) is 78.1 cm³/mol. The molecule has 0 spiro atoms. The zero-order valence-corrected chi connectivity index (χ0v) is 12.5. The Balaban J connectivity index is 2.17. The molecule has 1 N–H and O–H groups in total. The molecule has 0 radical (unpaired) electrons. The predicted octanol–water partition coefficient (Wildman–Crippen LogP) is 2.41. The van der Waals surface area contributed by atoms with E-state index in [0.29, 0.717) is 10.9 Å². The zero-order valence-electron chi connectivity index (χ0n) is 11.7. The van der Waals surface area contributed by atoms with Crippen molar-refractivity contribution in [3.05, 3.63) is 29.8 Å². The lowest BCUT2D eigenvalue weighted by Gasteiger charge is -2.19. The van der Waals surface area contributed by atoms with E-state index >= 15 is 0 Å². The van der Waals surface area contributed by atoms with Crippen LogP contribution >= 0.6 is 0 Å². The Labute approximate surface area is 116 Å². The monoisotopic (exact) mass is 281 g/mol. The van der Waals surface area contributed by atoms with Crippen LogP contribution in [-0.2, 0) is 16.3 Å². The molecule has 3 nitrogen and oxygen atoms in total. The van der Waals surface area contributed by atoms with E-state index in [2.05, 4.69) is 12.2 Å². The van der Waals surface area contributed by atoms with Crippen molar-refractivity contribution in [3.63, 3.8) is 0 Å². The summed E-state index contributed by atoms with van der Waals surface area (Å²) in [6.45, 7) is 3.16. The Hall–Kier alpha value is -0.870. The fourth-order valence-electron chi connectivity index (χ4n) is 2.50. The second-order valence-corrected chi connectivity index (χ2v) is 7.47. The average Bonchev–Trinajstić information content (AvgIpc) is 3.18. The van der Waals surface area contributed by atoms with E-state index in [1.165, 1.54) is 19.1 Å². The summed E-state index contributed by atoms with van der Waals surface area (Å²) >= 11 is 0. The van der Waals surface area contributed by atoms with Crippen LogP contribution in [0.5, 0.6) is 0 Å². The lowest BCUT2D eigenvalue weighted by molar-refractivity contribution is 0.457. The van der Waals surface area contributed by atoms with Crippen molar-refractivity contribution in [1.29, 1.82) is 0 Å². The van der Waals surface area contributed by atoms with Gasteiger partial charge >= 0.3 is 0 Å². The second kappa shape index (κ2) is 6.06. The molecule has 1 saturated carbocycles. The largest absolute Gasteiger partial charge is 0.313 e. The minimum absolute atomic E-state index is 0.419. The molecule has 1 aromatic carbocycles. The standard InChI is InChI=1S/C15H23NO2S/c1-3-10-16-14(12-8-9-12)11-13-6-4-5-7-15(13)19(2,17)18/h4-7,12,14,16H,3,8-11H2,1-2H3. The molecule has 1 aromatic rings. The molecule has 1 fully saturated rings. The van der Waals surface area contributed by atoms with Crippen molar-refractivity contribution in [2.45, 2.75) is 43.5 Å². The molecule has 1 unspecified atom stereocenters. The van der Waals surface area contributed by atoms with Crippen molar-refractivity contribution in [3.8, 4) is 0 Å². The SMILES string of the molecule is CCCNC(Cc1ccccc1S(C)(=O)=O)C1CC1. The van der Waals surface area contributed by atoms with Crippen LogP contribution in [0.4, 0.5) is 0 Å². The highest BCUT2D eigenvalue weighted by atomic mass is 32.2. The topological polar surface area (TPSA) is 46.2 Å². The quantitative estimate of drug-likeness (QED) is 0.835. The lowest BCUT2D eigenvalue weighted by atomic mass is 10.0. The molecule has 0 bridgehead atoms. The van der Waals surface area contributed by atoms with Crippen LogP contribution in [0.3, 0.4) is 0 Å². The van der Waals surface area contributed by atoms with Gasteiger partial charge in [-0.2, -0.15) is 0 Å². The first-order valence-corrected chi connectivity index (χ1v) is 8.93. The Bertz CT molecular complexity index is 521. The van der Waals surface area contributed by atoms with Gasteiger partial charge in [0.05, 0.1) is 4.90 Å². The van der Waals surface area contributed by atoms with Crippen LogP contribution in [0.25, 0.3) is 0 Å². The van der Waals surface area contributed by atoms with Crippen molar-refractivity contribution in [2.24, 2.45) is 5.92 Å². The molecule has 0 saturated heterocycles. The molecule has 19 heavy (non-hydrogen) atoms. The third-order valence-corrected chi connectivity index (χ3v) is 4.86. The molecule has 1 atom stereocenters. The van der Waals surface area contributed by atoms with Gasteiger partial charge in [-0.15, -0.1) is 0 Å². The number of benzene rings is 1. The molecule has 1 aliphatic rings. The first-order valence-electron chi connectivity index (χ1n) is 7.03. The van der Waals surface area contributed by atoms with Crippen molar-refractivity contribution in [1.82, 2.24) is 5.32 Å². The van der Waals surface area contributed by atoms with Gasteiger partial charge in [0.2, 0.25) is 0 Å². The first kappa shape index (κ1) is 14.5. The van der Waals surface area contributed by atoms with E-state index < -0.39 is 9.84 Å². The summed E-state index contributed by atoms with van der Waals surface area (Å²) in [5.41, 5.74) is 0.950. The van der Waals surface area contributed by atoms with Crippen LogP contribution in [0, 0.1) is 5.92 Å². The first-order chi connectivity index (χ1) is 9.02. The molecule has 4 heteroatoms. The molecule has 0 aliphatic heterocycles. The van der Waals surface area contributed by atoms with Gasteiger partial charge in [-0.1, -0.05) is 25.1 Å². The maximum absolute atomic E-state index is 11.8. The van der Waals surface area contributed by atoms with Crippen LogP contribution in [0.2, 0.25) is 0 Å². The minimum Gasteiger partial charge on any atom is -0.313 e. The number of rotatable bonds is 7. The number of hydrogen-bond acceptors (Lipinski definition) is 3. The smallest absolute Gasteiger partial charge is 0.175 e. The Morgan fingerprint density at radius 3 is 2.58 bits per heavy atom. The fourth-order valence-corrected chi connectivity index (χ4v) is 3.46. The van der Waals surface area contributed by atoms with Crippen LogP contribution < -0.4 is 5.32 Å². The molecule has 0 amide bonds. The van der Waals surface area contributed by atoms with E-state index in [0.717, 1.165) is 30.9 Å². The normalized spacial score (nSPS) is 17.4. The van der Waals surface area contributed by atoms with Crippen molar-refractivity contribution < 1.29 is 8.42 Å². The van der Waals surface area contributed by atoms with Gasteiger partial charge in [0.1, 0.15) is 0 Å². The van der Waals surface area contributed by atoms with Gasteiger partial charge in [-0.3, -0.25) is 0 Å². The Morgan fingerprint density at radius 1 is 1.32 bits per heavy atom. The highest BCUT2D eigenvalue weighted by Gasteiger charge is 2.31. The summed E-state index contributed by atoms with van der Waals surface area (Å²) < 4.78 is 23.6. The van der Waals surface area contributed by atoms with Crippen molar-refractivity contribution >= 4 is 9.84 Å². The number of nitrogens with one attached hydrogen (secondary N) is 1. The Kier molecular flexibility index (Phi) is 4.63. The van der Waals surface area contributed by atoms with E-state index in [1.807, 2.05) is 12.1 Å². The molecule has 2 rings (SSSR count). The van der Waals surface area contributed by atoms with Gasteiger partial charge in [-0.05, 0) is 49.8 Å². The van der Waals surface area contributed by atoms with E-state index in [-0.39, 0.29) is 0 Å². The summed E-state index contributed by atoms with van der Waals surface area (Å²) in [4.78, 5) is 0.485. The molecule has 0 heterocycles. The molecular weight excluding hydrogens is 258 g/mol. The van der Waals surface area contributed by atoms with E-state index in [9.17, 15) is 8.42 Å². The van der Waals surface area contributed by atoms with Gasteiger partial charge < -0.3 is 5.32 Å². The van der Waals surface area contributed by atoms with Gasteiger partial charge in [0, 0.05) is 12.3 Å². The third-order valence-electron chi connectivity index (χ3n) is 3.66. The second-order valence-electron chi connectivity index (χ2n) is 5.48. The van der Waals surface area contributed by atoms with Crippen molar-refractivity contribution in [2.75, 3.05) is 12.8 Å².